The van der Waals surface area contributed by atoms with Crippen LogP contribution >= 0.6 is 0 Å². The Morgan fingerprint density at radius 2 is 1.86 bits per heavy atom. The Morgan fingerprint density at radius 3 is 2.50 bits per heavy atom. The first kappa shape index (κ1) is 19.4. The van der Waals surface area contributed by atoms with Crippen LogP contribution in [0.1, 0.15) is 23.9 Å². The van der Waals surface area contributed by atoms with Gasteiger partial charge in [0.2, 0.25) is 11.8 Å². The van der Waals surface area contributed by atoms with Crippen LogP contribution in [0.5, 0.6) is 11.5 Å². The number of carbonyl (C=O) groups excluding carboxylic acids is 1. The second-order valence-corrected chi connectivity index (χ2v) is 6.54. The highest BCUT2D eigenvalue weighted by atomic mass is 16.5. The van der Waals surface area contributed by atoms with Gasteiger partial charge in [0, 0.05) is 12.5 Å². The van der Waals surface area contributed by atoms with E-state index < -0.39 is 6.10 Å². The highest BCUT2D eigenvalue weighted by Crippen LogP contribution is 2.30. The van der Waals surface area contributed by atoms with Gasteiger partial charge in [0.05, 0.1) is 12.8 Å². The van der Waals surface area contributed by atoms with Gasteiger partial charge in [-0.15, -0.1) is 10.2 Å². The Kier molecular flexibility index (Phi) is 5.63. The molecule has 1 atom stereocenters. The molecule has 7 heteroatoms. The minimum absolute atomic E-state index is 0.296. The lowest BCUT2D eigenvalue weighted by atomic mass is 10.1. The largest absolute Gasteiger partial charge is 0.495 e. The summed E-state index contributed by atoms with van der Waals surface area (Å²) in [5.74, 6) is 1.71. The van der Waals surface area contributed by atoms with E-state index >= 15 is 0 Å². The summed E-state index contributed by atoms with van der Waals surface area (Å²) in [6.07, 6.45) is -0.693. The fraction of sp³-hybridized carbons (Fsp3) is 0.286. The average Bonchev–Trinajstić information content (AvgIpc) is 3.11. The smallest absolute Gasteiger partial charge is 0.265 e. The Balaban J connectivity index is 1.77. The van der Waals surface area contributed by atoms with Gasteiger partial charge in [-0.1, -0.05) is 6.07 Å². The quantitative estimate of drug-likeness (QED) is 0.692. The number of carbonyl (C=O) groups is 1. The van der Waals surface area contributed by atoms with E-state index in [-0.39, 0.29) is 5.91 Å². The van der Waals surface area contributed by atoms with Crippen molar-refractivity contribution in [3.63, 3.8) is 0 Å². The Labute approximate surface area is 163 Å². The van der Waals surface area contributed by atoms with Crippen LogP contribution in [-0.2, 0) is 4.79 Å². The van der Waals surface area contributed by atoms with E-state index in [1.807, 2.05) is 32.0 Å². The molecule has 0 saturated heterocycles. The number of benzene rings is 2. The van der Waals surface area contributed by atoms with E-state index in [9.17, 15) is 4.79 Å². The highest BCUT2D eigenvalue weighted by Gasteiger charge is 2.18. The van der Waals surface area contributed by atoms with Gasteiger partial charge in [-0.2, -0.15) is 0 Å². The van der Waals surface area contributed by atoms with E-state index in [2.05, 4.69) is 15.5 Å². The molecule has 146 valence electrons. The van der Waals surface area contributed by atoms with Crippen molar-refractivity contribution in [2.24, 2.45) is 0 Å². The summed E-state index contributed by atoms with van der Waals surface area (Å²) in [5.41, 5.74) is 3.45. The van der Waals surface area contributed by atoms with Crippen molar-refractivity contribution < 1.29 is 18.7 Å². The number of nitrogens with one attached hydrogen (secondary N) is 1. The van der Waals surface area contributed by atoms with E-state index in [1.54, 1.807) is 32.0 Å². The monoisotopic (exact) mass is 381 g/mol. The molecule has 7 nitrogen and oxygen atoms in total. The van der Waals surface area contributed by atoms with Gasteiger partial charge in [-0.3, -0.25) is 4.79 Å². The second-order valence-electron chi connectivity index (χ2n) is 6.54. The van der Waals surface area contributed by atoms with E-state index in [4.69, 9.17) is 13.9 Å². The van der Waals surface area contributed by atoms with Crippen LogP contribution in [-0.4, -0.2) is 29.3 Å². The number of anilines is 1. The first-order chi connectivity index (χ1) is 13.4. The first-order valence-electron chi connectivity index (χ1n) is 8.90. The zero-order valence-electron chi connectivity index (χ0n) is 16.6. The lowest BCUT2D eigenvalue weighted by Crippen LogP contribution is -2.30. The maximum Gasteiger partial charge on any atom is 0.265 e. The molecule has 3 aromatic rings. The number of nitrogens with zero attached hydrogens (tertiary/aromatic N) is 2. The molecule has 0 aliphatic heterocycles. The van der Waals surface area contributed by atoms with Gasteiger partial charge >= 0.3 is 0 Å². The normalized spacial score (nSPS) is 11.8. The van der Waals surface area contributed by atoms with Crippen molar-refractivity contribution in [3.8, 4) is 23.0 Å². The summed E-state index contributed by atoms with van der Waals surface area (Å²) in [5, 5.41) is 10.7. The van der Waals surface area contributed by atoms with Gasteiger partial charge < -0.3 is 19.2 Å². The summed E-state index contributed by atoms with van der Waals surface area (Å²) in [6.45, 7) is 7.44. The molecule has 0 aliphatic rings. The number of hydrogen-bond acceptors (Lipinski definition) is 6. The molecule has 28 heavy (non-hydrogen) atoms. The summed E-state index contributed by atoms with van der Waals surface area (Å²) >= 11 is 0. The molecule has 0 aliphatic carbocycles. The Morgan fingerprint density at radius 1 is 1.07 bits per heavy atom. The van der Waals surface area contributed by atoms with Gasteiger partial charge in [-0.05, 0) is 62.2 Å². The van der Waals surface area contributed by atoms with E-state index in [0.29, 0.717) is 34.5 Å². The van der Waals surface area contributed by atoms with Crippen molar-refractivity contribution in [1.29, 1.82) is 0 Å². The minimum Gasteiger partial charge on any atom is -0.495 e. The van der Waals surface area contributed by atoms with Crippen molar-refractivity contribution in [2.45, 2.75) is 33.8 Å². The minimum atomic E-state index is -0.693. The zero-order chi connectivity index (χ0) is 20.3. The molecule has 0 fully saturated rings. The molecule has 2 aromatic carbocycles. The molecule has 1 unspecified atom stereocenters. The number of rotatable bonds is 6. The Hall–Kier alpha value is -3.35. The van der Waals surface area contributed by atoms with Crippen molar-refractivity contribution >= 4 is 11.6 Å². The third-order valence-electron chi connectivity index (χ3n) is 4.39. The standard InChI is InChI=1S/C21H23N3O4/c1-12-6-8-17(10-13(12)2)27-14(3)20(25)22-18-11-16(7-9-19(18)26-5)21-24-23-15(4)28-21/h6-11,14H,1-5H3,(H,22,25). The highest BCUT2D eigenvalue weighted by molar-refractivity contribution is 5.96. The third kappa shape index (κ3) is 4.31. The average molecular weight is 381 g/mol. The molecule has 0 bridgehead atoms. The van der Waals surface area contributed by atoms with Crippen LogP contribution < -0.4 is 14.8 Å². The molecule has 1 aromatic heterocycles. The van der Waals surface area contributed by atoms with Gasteiger partial charge in [0.25, 0.3) is 5.91 Å². The number of hydrogen-bond donors (Lipinski definition) is 1. The van der Waals surface area contributed by atoms with Crippen molar-refractivity contribution in [2.75, 3.05) is 12.4 Å². The first-order valence-corrected chi connectivity index (χ1v) is 8.90. The summed E-state index contributed by atoms with van der Waals surface area (Å²) < 4.78 is 16.6. The number of aromatic nitrogens is 2. The predicted molar refractivity (Wildman–Crippen MR) is 106 cm³/mol. The molecule has 1 N–H and O–H groups in total. The molecule has 1 heterocycles. The van der Waals surface area contributed by atoms with Crippen molar-refractivity contribution in [3.05, 3.63) is 53.4 Å². The topological polar surface area (TPSA) is 86.5 Å². The summed E-state index contributed by atoms with van der Waals surface area (Å²) in [6, 6.07) is 11.0. The summed E-state index contributed by atoms with van der Waals surface area (Å²) in [4.78, 5) is 12.6. The molecule has 0 radical (unpaired) electrons. The molecular formula is C21H23N3O4. The number of methoxy groups -OCH3 is 1. The van der Waals surface area contributed by atoms with Crippen LogP contribution in [0.25, 0.3) is 11.5 Å². The molecule has 1 amide bonds. The molecule has 3 rings (SSSR count). The summed E-state index contributed by atoms with van der Waals surface area (Å²) in [7, 11) is 1.54. The SMILES string of the molecule is COc1ccc(-c2nnc(C)o2)cc1NC(=O)C(C)Oc1ccc(C)c(C)c1. The molecule has 0 saturated carbocycles. The molecular weight excluding hydrogens is 358 g/mol. The van der Waals surface area contributed by atoms with Crippen LogP contribution in [0, 0.1) is 20.8 Å². The lowest BCUT2D eigenvalue weighted by Gasteiger charge is -2.17. The van der Waals surface area contributed by atoms with Crippen molar-refractivity contribution in [1.82, 2.24) is 10.2 Å². The maximum absolute atomic E-state index is 12.6. The van der Waals surface area contributed by atoms with Gasteiger partial charge in [0.1, 0.15) is 11.5 Å². The predicted octanol–water partition coefficient (Wildman–Crippen LogP) is 4.08. The number of ether oxygens (including phenoxy) is 2. The fourth-order valence-corrected chi connectivity index (χ4v) is 2.63. The van der Waals surface area contributed by atoms with E-state index in [0.717, 1.165) is 5.56 Å². The lowest BCUT2D eigenvalue weighted by molar-refractivity contribution is -0.122. The second kappa shape index (κ2) is 8.12. The fourth-order valence-electron chi connectivity index (χ4n) is 2.63. The third-order valence-corrected chi connectivity index (χ3v) is 4.39. The molecule has 0 spiro atoms. The van der Waals surface area contributed by atoms with E-state index in [1.165, 1.54) is 12.7 Å². The van der Waals surface area contributed by atoms with Crippen LogP contribution in [0.3, 0.4) is 0 Å². The zero-order valence-corrected chi connectivity index (χ0v) is 16.6. The van der Waals surface area contributed by atoms with Crippen LogP contribution in [0.15, 0.2) is 40.8 Å². The van der Waals surface area contributed by atoms with Crippen LogP contribution in [0.2, 0.25) is 0 Å². The maximum atomic E-state index is 12.6. The number of aryl methyl sites for hydroxylation is 3. The Bertz CT molecular complexity index is 997. The van der Waals surface area contributed by atoms with Crippen LogP contribution in [0.4, 0.5) is 5.69 Å². The van der Waals surface area contributed by atoms with Gasteiger partial charge in [-0.25, -0.2) is 0 Å². The number of amides is 1. The van der Waals surface area contributed by atoms with Gasteiger partial charge in [0.15, 0.2) is 6.10 Å².